The van der Waals surface area contributed by atoms with Crippen LogP contribution in [-0.4, -0.2) is 43.4 Å². The van der Waals surface area contributed by atoms with Crippen LogP contribution >= 0.6 is 15.9 Å². The van der Waals surface area contributed by atoms with Gasteiger partial charge >= 0.3 is 6.18 Å². The fourth-order valence-electron chi connectivity index (χ4n) is 3.63. The molecular weight excluding hydrogens is 563 g/mol. The van der Waals surface area contributed by atoms with Gasteiger partial charge in [0.15, 0.2) is 0 Å². The SMILES string of the molecule is CN(c1ncccn1)N(Cc1ccc(C(F)(F)F)cn1)C(=O)c1ccc2nc(NC(C)(C)C)cc(Br)c2c1. The summed E-state index contributed by atoms with van der Waals surface area (Å²) in [6, 6.07) is 10.8. The summed E-state index contributed by atoms with van der Waals surface area (Å²) < 4.78 is 39.8. The van der Waals surface area contributed by atoms with Crippen LogP contribution in [0.15, 0.2) is 65.5 Å². The summed E-state index contributed by atoms with van der Waals surface area (Å²) in [5, 5.41) is 6.82. The van der Waals surface area contributed by atoms with E-state index in [0.29, 0.717) is 16.9 Å². The Labute approximate surface area is 226 Å². The fourth-order valence-corrected chi connectivity index (χ4v) is 4.17. The molecule has 12 heteroatoms. The number of carbonyl (C=O) groups excluding carboxylic acids is 1. The summed E-state index contributed by atoms with van der Waals surface area (Å²) in [6.45, 7) is 5.97. The molecule has 198 valence electrons. The van der Waals surface area contributed by atoms with Crippen LogP contribution in [0.5, 0.6) is 0 Å². The molecule has 3 aromatic heterocycles. The van der Waals surface area contributed by atoms with Crippen molar-refractivity contribution in [1.29, 1.82) is 0 Å². The number of amides is 1. The van der Waals surface area contributed by atoms with Crippen LogP contribution in [0, 0.1) is 0 Å². The highest BCUT2D eigenvalue weighted by Gasteiger charge is 2.31. The highest BCUT2D eigenvalue weighted by atomic mass is 79.9. The summed E-state index contributed by atoms with van der Waals surface area (Å²) >= 11 is 3.58. The molecular formula is C26H25BrF3N7O. The molecule has 1 aromatic carbocycles. The average molecular weight is 588 g/mol. The minimum absolute atomic E-state index is 0.113. The number of rotatable bonds is 6. The Hall–Kier alpha value is -3.80. The number of aromatic nitrogens is 4. The molecule has 1 N–H and O–H groups in total. The van der Waals surface area contributed by atoms with Crippen molar-refractivity contribution < 1.29 is 18.0 Å². The zero-order valence-electron chi connectivity index (χ0n) is 21.1. The van der Waals surface area contributed by atoms with E-state index in [1.807, 2.05) is 26.8 Å². The van der Waals surface area contributed by atoms with E-state index in [1.54, 1.807) is 31.3 Å². The molecule has 0 unspecified atom stereocenters. The third-order valence-electron chi connectivity index (χ3n) is 5.41. The maximum absolute atomic E-state index is 13.8. The largest absolute Gasteiger partial charge is 0.417 e. The second-order valence-corrected chi connectivity index (χ2v) is 10.4. The number of anilines is 2. The Morgan fingerprint density at radius 2 is 1.74 bits per heavy atom. The van der Waals surface area contributed by atoms with Crippen molar-refractivity contribution >= 4 is 44.5 Å². The monoisotopic (exact) mass is 587 g/mol. The molecule has 0 radical (unpaired) electrons. The summed E-state index contributed by atoms with van der Waals surface area (Å²) in [7, 11) is 1.60. The highest BCUT2D eigenvalue weighted by molar-refractivity contribution is 9.10. The van der Waals surface area contributed by atoms with E-state index >= 15 is 0 Å². The predicted octanol–water partition coefficient (Wildman–Crippen LogP) is 6.11. The van der Waals surface area contributed by atoms with Gasteiger partial charge in [0.05, 0.1) is 23.3 Å². The van der Waals surface area contributed by atoms with E-state index in [2.05, 4.69) is 41.2 Å². The maximum atomic E-state index is 13.8. The number of benzene rings is 1. The van der Waals surface area contributed by atoms with Gasteiger partial charge in [0.1, 0.15) is 5.82 Å². The Balaban J connectivity index is 1.70. The lowest BCUT2D eigenvalue weighted by atomic mass is 10.1. The Morgan fingerprint density at radius 3 is 2.34 bits per heavy atom. The molecule has 1 amide bonds. The molecule has 0 spiro atoms. The number of nitrogens with zero attached hydrogens (tertiary/aromatic N) is 6. The first-order chi connectivity index (χ1) is 17.8. The van der Waals surface area contributed by atoms with Crippen LogP contribution in [0.2, 0.25) is 0 Å². The number of nitrogens with one attached hydrogen (secondary N) is 1. The van der Waals surface area contributed by atoms with E-state index in [1.165, 1.54) is 28.5 Å². The summed E-state index contributed by atoms with van der Waals surface area (Å²) in [5.41, 5.74) is 0.221. The first kappa shape index (κ1) is 27.2. The third-order valence-corrected chi connectivity index (χ3v) is 6.07. The minimum atomic E-state index is -4.51. The van der Waals surface area contributed by atoms with E-state index in [9.17, 15) is 18.0 Å². The Bertz CT molecular complexity index is 1440. The van der Waals surface area contributed by atoms with Crippen molar-refractivity contribution in [2.45, 2.75) is 39.0 Å². The summed E-state index contributed by atoms with van der Waals surface area (Å²) in [5.74, 6) is 0.494. The lowest BCUT2D eigenvalue weighted by Crippen LogP contribution is -2.45. The molecule has 0 saturated heterocycles. The predicted molar refractivity (Wildman–Crippen MR) is 142 cm³/mol. The Morgan fingerprint density at radius 1 is 1.03 bits per heavy atom. The average Bonchev–Trinajstić information content (AvgIpc) is 2.85. The molecule has 0 bridgehead atoms. The number of carbonyl (C=O) groups is 1. The van der Waals surface area contributed by atoms with Crippen molar-refractivity contribution in [3.05, 3.63) is 82.3 Å². The van der Waals surface area contributed by atoms with Crippen LogP contribution in [0.25, 0.3) is 10.9 Å². The number of alkyl halides is 3. The number of fused-ring (bicyclic) bond motifs is 1. The van der Waals surface area contributed by atoms with Crippen LogP contribution in [-0.2, 0) is 12.7 Å². The van der Waals surface area contributed by atoms with Crippen LogP contribution in [0.3, 0.4) is 0 Å². The van der Waals surface area contributed by atoms with Gasteiger partial charge in [-0.05, 0) is 79.2 Å². The smallest absolute Gasteiger partial charge is 0.365 e. The van der Waals surface area contributed by atoms with Gasteiger partial charge in [-0.3, -0.25) is 14.8 Å². The van der Waals surface area contributed by atoms with Gasteiger partial charge in [0.2, 0.25) is 5.95 Å². The lowest BCUT2D eigenvalue weighted by Gasteiger charge is -2.31. The molecule has 0 aliphatic rings. The van der Waals surface area contributed by atoms with Crippen LogP contribution in [0.4, 0.5) is 24.9 Å². The first-order valence-electron chi connectivity index (χ1n) is 11.5. The zero-order valence-corrected chi connectivity index (χ0v) is 22.7. The van der Waals surface area contributed by atoms with Gasteiger partial charge in [0, 0.05) is 46.6 Å². The highest BCUT2D eigenvalue weighted by Crippen LogP contribution is 2.30. The first-order valence-corrected chi connectivity index (χ1v) is 12.3. The van der Waals surface area contributed by atoms with Gasteiger partial charge < -0.3 is 5.32 Å². The van der Waals surface area contributed by atoms with E-state index in [4.69, 9.17) is 0 Å². The van der Waals surface area contributed by atoms with Gasteiger partial charge in [0.25, 0.3) is 5.91 Å². The van der Waals surface area contributed by atoms with Crippen molar-refractivity contribution in [3.63, 3.8) is 0 Å². The van der Waals surface area contributed by atoms with E-state index in [0.717, 1.165) is 22.1 Å². The van der Waals surface area contributed by atoms with Gasteiger partial charge in [-0.1, -0.05) is 0 Å². The molecule has 0 saturated carbocycles. The third kappa shape index (κ3) is 6.36. The van der Waals surface area contributed by atoms with E-state index in [-0.39, 0.29) is 23.7 Å². The number of halogens is 4. The molecule has 0 fully saturated rings. The number of hydrogen-bond donors (Lipinski definition) is 1. The Kier molecular flexibility index (Phi) is 7.54. The normalized spacial score (nSPS) is 11.9. The molecule has 38 heavy (non-hydrogen) atoms. The topological polar surface area (TPSA) is 87.1 Å². The van der Waals surface area contributed by atoms with Crippen molar-refractivity contribution in [2.24, 2.45) is 0 Å². The van der Waals surface area contributed by atoms with Crippen LogP contribution in [0.1, 0.15) is 42.4 Å². The molecule has 4 aromatic rings. The van der Waals surface area contributed by atoms with Crippen LogP contribution < -0.4 is 10.3 Å². The standard InChI is InChI=1S/C26H25BrF3N7O/c1-25(2,3)35-22-13-20(27)19-12-16(6-9-21(19)34-22)23(38)37(36(4)24-31-10-5-11-32-24)15-18-8-7-17(14-33-18)26(28,29)30/h5-14H,15H2,1-4H3,(H,34,35). The van der Waals surface area contributed by atoms with Gasteiger partial charge in [-0.2, -0.15) is 13.2 Å². The molecule has 8 nitrogen and oxygen atoms in total. The molecule has 0 aliphatic heterocycles. The molecule has 3 heterocycles. The minimum Gasteiger partial charge on any atom is -0.365 e. The zero-order chi connectivity index (χ0) is 27.7. The van der Waals surface area contributed by atoms with Crippen molar-refractivity contribution in [3.8, 4) is 0 Å². The lowest BCUT2D eigenvalue weighted by molar-refractivity contribution is -0.137. The van der Waals surface area contributed by atoms with Crippen molar-refractivity contribution in [1.82, 2.24) is 24.9 Å². The van der Waals surface area contributed by atoms with Crippen molar-refractivity contribution in [2.75, 3.05) is 17.4 Å². The molecule has 4 rings (SSSR count). The van der Waals surface area contributed by atoms with Gasteiger partial charge in [-0.15, -0.1) is 0 Å². The fraction of sp³-hybridized carbons (Fsp3) is 0.269. The number of hydrazine groups is 1. The number of hydrogen-bond acceptors (Lipinski definition) is 7. The van der Waals surface area contributed by atoms with E-state index < -0.39 is 17.6 Å². The second kappa shape index (κ2) is 10.5. The number of pyridine rings is 2. The quantitative estimate of drug-likeness (QED) is 0.272. The van der Waals surface area contributed by atoms with Gasteiger partial charge in [-0.25, -0.2) is 20.0 Å². The molecule has 0 atom stereocenters. The summed E-state index contributed by atoms with van der Waals surface area (Å²) in [6.07, 6.45) is -0.705. The summed E-state index contributed by atoms with van der Waals surface area (Å²) in [4.78, 5) is 30.7. The maximum Gasteiger partial charge on any atom is 0.417 e. The molecule has 0 aliphatic carbocycles. The second-order valence-electron chi connectivity index (χ2n) is 9.57.